The van der Waals surface area contributed by atoms with Crippen molar-refractivity contribution in [2.24, 2.45) is 0 Å². The van der Waals surface area contributed by atoms with Crippen LogP contribution in [0, 0.1) is 0 Å². The lowest BCUT2D eigenvalue weighted by Crippen LogP contribution is -2.54. The molecule has 17 heavy (non-hydrogen) atoms. The van der Waals surface area contributed by atoms with Gasteiger partial charge in [-0.2, -0.15) is 0 Å². The van der Waals surface area contributed by atoms with Crippen LogP contribution in [-0.4, -0.2) is 21.2 Å². The average Bonchev–Trinajstić information content (AvgIpc) is 2.37. The van der Waals surface area contributed by atoms with Crippen LogP contribution >= 0.6 is 0 Å². The van der Waals surface area contributed by atoms with Crippen molar-refractivity contribution in [3.05, 3.63) is 43.0 Å². The van der Waals surface area contributed by atoms with E-state index in [0.29, 0.717) is 0 Å². The fourth-order valence-electron chi connectivity index (χ4n) is 1.96. The number of carbonyl (C=O) groups is 1. The first-order valence-corrected chi connectivity index (χ1v) is 8.67. The monoisotopic (exact) mass is 248 g/mol. The van der Waals surface area contributed by atoms with Crippen molar-refractivity contribution < 1.29 is 9.53 Å². The van der Waals surface area contributed by atoms with Crippen molar-refractivity contribution in [3.63, 3.8) is 0 Å². The summed E-state index contributed by atoms with van der Waals surface area (Å²) in [6, 6.07) is 10.2. The number of hydrogen-bond donors (Lipinski definition) is 0. The average molecular weight is 248 g/mol. The van der Waals surface area contributed by atoms with Gasteiger partial charge in [-0.15, -0.1) is 6.58 Å². The molecule has 0 heterocycles. The molecule has 1 aromatic rings. The molecule has 92 valence electrons. The van der Waals surface area contributed by atoms with Gasteiger partial charge in [-0.25, -0.2) is 0 Å². The largest absolute Gasteiger partial charge is 0.469 e. The van der Waals surface area contributed by atoms with Crippen LogP contribution in [0.25, 0.3) is 0 Å². The predicted octanol–water partition coefficient (Wildman–Crippen LogP) is 2.72. The standard InChI is InChI=1S/C14H20O2Si/c1-6-14(2,13(15)16-3)17(4,5)12-10-8-7-9-11-12/h6-11H,1H2,2-5H3. The Hall–Kier alpha value is -1.35. The molecule has 2 nitrogen and oxygen atoms in total. The third kappa shape index (κ3) is 2.20. The van der Waals surface area contributed by atoms with Crippen molar-refractivity contribution in [2.45, 2.75) is 25.1 Å². The maximum absolute atomic E-state index is 12.0. The fourth-order valence-corrected chi connectivity index (χ4v) is 4.71. The van der Waals surface area contributed by atoms with Crippen LogP contribution in [0.15, 0.2) is 43.0 Å². The number of benzene rings is 1. The van der Waals surface area contributed by atoms with E-state index in [-0.39, 0.29) is 5.97 Å². The molecule has 0 aromatic heterocycles. The number of methoxy groups -OCH3 is 1. The lowest BCUT2D eigenvalue weighted by atomic mass is 10.2. The topological polar surface area (TPSA) is 26.3 Å². The molecule has 1 atom stereocenters. The zero-order chi connectivity index (χ0) is 13.1. The smallest absolute Gasteiger partial charge is 0.312 e. The van der Waals surface area contributed by atoms with Crippen LogP contribution in [0.5, 0.6) is 0 Å². The predicted molar refractivity (Wildman–Crippen MR) is 74.1 cm³/mol. The van der Waals surface area contributed by atoms with E-state index in [1.54, 1.807) is 6.08 Å². The molecule has 0 saturated carbocycles. The quantitative estimate of drug-likeness (QED) is 0.465. The van der Waals surface area contributed by atoms with Crippen LogP contribution in [-0.2, 0) is 9.53 Å². The van der Waals surface area contributed by atoms with E-state index >= 15 is 0 Å². The number of ether oxygens (including phenoxy) is 1. The highest BCUT2D eigenvalue weighted by molar-refractivity contribution is 6.95. The summed E-state index contributed by atoms with van der Waals surface area (Å²) in [5, 5.41) is 0.621. The molecule has 0 saturated heterocycles. The number of esters is 1. The molecule has 0 radical (unpaired) electrons. The molecule has 3 heteroatoms. The van der Waals surface area contributed by atoms with Gasteiger partial charge in [0.1, 0.15) is 8.07 Å². The molecule has 0 aliphatic carbocycles. The lowest BCUT2D eigenvalue weighted by Gasteiger charge is -2.38. The van der Waals surface area contributed by atoms with Crippen LogP contribution in [0.1, 0.15) is 6.92 Å². The van der Waals surface area contributed by atoms with Crippen molar-refractivity contribution in [2.75, 3.05) is 7.11 Å². The molecule has 0 aliphatic rings. The van der Waals surface area contributed by atoms with Crippen LogP contribution in [0.2, 0.25) is 18.1 Å². The van der Waals surface area contributed by atoms with Crippen molar-refractivity contribution >= 4 is 19.2 Å². The van der Waals surface area contributed by atoms with E-state index in [0.717, 1.165) is 0 Å². The van der Waals surface area contributed by atoms with E-state index in [2.05, 4.69) is 31.8 Å². The first-order valence-electron chi connectivity index (χ1n) is 5.67. The Morgan fingerprint density at radius 3 is 2.29 bits per heavy atom. The zero-order valence-corrected chi connectivity index (χ0v) is 12.0. The molecule has 0 spiro atoms. The summed E-state index contributed by atoms with van der Waals surface area (Å²) in [6.45, 7) is 10.1. The second kappa shape index (κ2) is 4.88. The van der Waals surface area contributed by atoms with E-state index in [4.69, 9.17) is 4.74 Å². The maximum Gasteiger partial charge on any atom is 0.312 e. The SMILES string of the molecule is C=CC(C)(C(=O)OC)[Si](C)(C)c1ccccc1. The van der Waals surface area contributed by atoms with Gasteiger partial charge < -0.3 is 4.74 Å². The minimum Gasteiger partial charge on any atom is -0.469 e. The maximum atomic E-state index is 12.0. The Morgan fingerprint density at radius 1 is 1.35 bits per heavy atom. The summed E-state index contributed by atoms with van der Waals surface area (Å²) in [5.41, 5.74) is 0. The van der Waals surface area contributed by atoms with Gasteiger partial charge in [0.05, 0.1) is 12.1 Å². The third-order valence-corrected chi connectivity index (χ3v) is 8.59. The Kier molecular flexibility index (Phi) is 3.93. The van der Waals surface area contributed by atoms with E-state index in [9.17, 15) is 4.79 Å². The Labute approximate surface area is 104 Å². The summed E-state index contributed by atoms with van der Waals surface area (Å²) in [5.74, 6) is -0.201. The van der Waals surface area contributed by atoms with Gasteiger partial charge in [-0.1, -0.05) is 54.7 Å². The summed E-state index contributed by atoms with van der Waals surface area (Å²) in [6.07, 6.45) is 1.73. The van der Waals surface area contributed by atoms with E-state index in [1.165, 1.54) is 12.3 Å². The van der Waals surface area contributed by atoms with Crippen molar-refractivity contribution in [1.82, 2.24) is 0 Å². The van der Waals surface area contributed by atoms with Crippen LogP contribution in [0.3, 0.4) is 0 Å². The van der Waals surface area contributed by atoms with Gasteiger partial charge in [0, 0.05) is 0 Å². The highest BCUT2D eigenvalue weighted by atomic mass is 28.3. The van der Waals surface area contributed by atoms with Crippen LogP contribution in [0.4, 0.5) is 0 Å². The normalized spacial score (nSPS) is 14.8. The lowest BCUT2D eigenvalue weighted by molar-refractivity contribution is -0.142. The number of carbonyl (C=O) groups excluding carboxylic acids is 1. The molecular weight excluding hydrogens is 228 g/mol. The van der Waals surface area contributed by atoms with Gasteiger partial charge in [0.2, 0.25) is 0 Å². The molecule has 0 aliphatic heterocycles. The molecule has 0 amide bonds. The van der Waals surface area contributed by atoms with Gasteiger partial charge >= 0.3 is 5.97 Å². The highest BCUT2D eigenvalue weighted by Crippen LogP contribution is 2.39. The highest BCUT2D eigenvalue weighted by Gasteiger charge is 2.48. The minimum absolute atomic E-state index is 0.201. The molecule has 0 fully saturated rings. The summed E-state index contributed by atoms with van der Waals surface area (Å²) >= 11 is 0. The summed E-state index contributed by atoms with van der Waals surface area (Å²) in [4.78, 5) is 12.0. The Morgan fingerprint density at radius 2 is 1.88 bits per heavy atom. The summed E-state index contributed by atoms with van der Waals surface area (Å²) in [7, 11) is -0.580. The van der Waals surface area contributed by atoms with Gasteiger partial charge in [-0.3, -0.25) is 4.79 Å². The van der Waals surface area contributed by atoms with Gasteiger partial charge in [0.15, 0.2) is 0 Å². The van der Waals surface area contributed by atoms with Crippen molar-refractivity contribution in [3.8, 4) is 0 Å². The Bertz CT molecular complexity index is 411. The third-order valence-electron chi connectivity index (χ3n) is 3.81. The van der Waals surface area contributed by atoms with Crippen LogP contribution < -0.4 is 5.19 Å². The first-order chi connectivity index (χ1) is 7.90. The van der Waals surface area contributed by atoms with Crippen molar-refractivity contribution in [1.29, 1.82) is 0 Å². The molecule has 1 rings (SSSR count). The second-order valence-corrected chi connectivity index (χ2v) is 9.76. The molecule has 1 unspecified atom stereocenters. The molecular formula is C14H20O2Si. The fraction of sp³-hybridized carbons (Fsp3) is 0.357. The number of rotatable bonds is 4. The first kappa shape index (κ1) is 13.7. The Balaban J connectivity index is 3.28. The number of hydrogen-bond acceptors (Lipinski definition) is 2. The minimum atomic E-state index is -2.01. The molecule has 0 N–H and O–H groups in total. The van der Waals surface area contributed by atoms with E-state index < -0.39 is 13.1 Å². The van der Waals surface area contributed by atoms with Gasteiger partial charge in [0.25, 0.3) is 0 Å². The van der Waals surface area contributed by atoms with Gasteiger partial charge in [-0.05, 0) is 6.92 Å². The van der Waals surface area contributed by atoms with E-state index in [1.807, 2.05) is 25.1 Å². The second-order valence-electron chi connectivity index (χ2n) is 4.89. The molecule has 0 bridgehead atoms. The zero-order valence-electron chi connectivity index (χ0n) is 11.0. The molecule has 1 aromatic carbocycles. The summed E-state index contributed by atoms with van der Waals surface area (Å²) < 4.78 is 4.94.